The molecular weight excluding hydrogens is 272 g/mol. The van der Waals surface area contributed by atoms with Crippen molar-refractivity contribution in [2.75, 3.05) is 7.11 Å². The van der Waals surface area contributed by atoms with Crippen LogP contribution in [0.5, 0.6) is 0 Å². The molecule has 0 aliphatic heterocycles. The first-order chi connectivity index (χ1) is 9.56. The van der Waals surface area contributed by atoms with E-state index in [2.05, 4.69) is 13.8 Å². The second-order valence-electron chi connectivity index (χ2n) is 4.90. The summed E-state index contributed by atoms with van der Waals surface area (Å²) in [7, 11) is 1.36. The van der Waals surface area contributed by atoms with E-state index in [-0.39, 0.29) is 0 Å². The number of ether oxygens (including phenoxy) is 1. The minimum atomic E-state index is -0.414. The van der Waals surface area contributed by atoms with Crippen molar-refractivity contribution in [1.82, 2.24) is 0 Å². The molecule has 104 valence electrons. The number of hydrogen-bond acceptors (Lipinski definition) is 2. The van der Waals surface area contributed by atoms with Gasteiger partial charge in [-0.3, -0.25) is 0 Å². The van der Waals surface area contributed by atoms with E-state index in [0.29, 0.717) is 16.5 Å². The van der Waals surface area contributed by atoms with Crippen molar-refractivity contribution in [2.45, 2.75) is 19.8 Å². The Balaban J connectivity index is 2.71. The first-order valence-corrected chi connectivity index (χ1v) is 6.90. The summed E-state index contributed by atoms with van der Waals surface area (Å²) in [4.78, 5) is 11.8. The second kappa shape index (κ2) is 6.10. The smallest absolute Gasteiger partial charge is 0.339 e. The molecule has 2 aromatic rings. The van der Waals surface area contributed by atoms with Crippen molar-refractivity contribution >= 4 is 17.6 Å². The summed E-state index contributed by atoms with van der Waals surface area (Å²) >= 11 is 6.47. The number of carbonyl (C=O) groups is 1. The van der Waals surface area contributed by atoms with Crippen LogP contribution in [-0.4, -0.2) is 13.1 Å². The monoisotopic (exact) mass is 288 g/mol. The van der Waals surface area contributed by atoms with Gasteiger partial charge in [0, 0.05) is 5.56 Å². The van der Waals surface area contributed by atoms with E-state index in [4.69, 9.17) is 16.3 Å². The first-order valence-electron chi connectivity index (χ1n) is 6.52. The van der Waals surface area contributed by atoms with E-state index in [1.165, 1.54) is 7.11 Å². The molecule has 0 saturated heterocycles. The van der Waals surface area contributed by atoms with Gasteiger partial charge in [0.15, 0.2) is 0 Å². The highest BCUT2D eigenvalue weighted by atomic mass is 35.5. The van der Waals surface area contributed by atoms with Crippen LogP contribution in [0.2, 0.25) is 5.02 Å². The van der Waals surface area contributed by atoms with Crippen molar-refractivity contribution in [2.24, 2.45) is 0 Å². The van der Waals surface area contributed by atoms with E-state index < -0.39 is 5.97 Å². The number of hydrogen-bond donors (Lipinski definition) is 0. The highest BCUT2D eigenvalue weighted by Gasteiger charge is 2.19. The Kier molecular flexibility index (Phi) is 4.46. The van der Waals surface area contributed by atoms with E-state index >= 15 is 0 Å². The lowest BCUT2D eigenvalue weighted by Gasteiger charge is -2.17. The zero-order valence-electron chi connectivity index (χ0n) is 11.8. The predicted octanol–water partition coefficient (Wildman–Crippen LogP) is 4.92. The molecule has 2 rings (SSSR count). The highest BCUT2D eigenvalue weighted by Crippen LogP contribution is 2.37. The third-order valence-corrected chi connectivity index (χ3v) is 3.66. The van der Waals surface area contributed by atoms with Gasteiger partial charge >= 0.3 is 5.97 Å². The molecule has 0 radical (unpaired) electrons. The maximum Gasteiger partial charge on any atom is 0.339 e. The van der Waals surface area contributed by atoms with Gasteiger partial charge in [0.1, 0.15) is 0 Å². The van der Waals surface area contributed by atoms with Gasteiger partial charge in [-0.25, -0.2) is 4.79 Å². The van der Waals surface area contributed by atoms with E-state index in [1.807, 2.05) is 36.4 Å². The molecule has 0 N–H and O–H groups in total. The van der Waals surface area contributed by atoms with Gasteiger partial charge in [0.2, 0.25) is 0 Å². The Morgan fingerprint density at radius 2 is 1.75 bits per heavy atom. The van der Waals surface area contributed by atoms with Crippen LogP contribution in [0.3, 0.4) is 0 Å². The maximum atomic E-state index is 11.8. The Labute approximate surface area is 124 Å². The normalized spacial score (nSPS) is 10.7. The van der Waals surface area contributed by atoms with Crippen LogP contribution in [-0.2, 0) is 4.74 Å². The Hall–Kier alpha value is -1.80. The molecule has 0 unspecified atom stereocenters. The lowest BCUT2D eigenvalue weighted by Crippen LogP contribution is -2.05. The minimum absolute atomic E-state index is 0.314. The molecule has 0 heterocycles. The molecule has 2 nitrogen and oxygen atoms in total. The van der Waals surface area contributed by atoms with Crippen LogP contribution >= 0.6 is 11.6 Å². The van der Waals surface area contributed by atoms with Crippen LogP contribution < -0.4 is 0 Å². The van der Waals surface area contributed by atoms with Crippen molar-refractivity contribution < 1.29 is 9.53 Å². The van der Waals surface area contributed by atoms with Crippen molar-refractivity contribution in [3.05, 3.63) is 58.6 Å². The standard InChI is InChI=1S/C17H17ClO2/c1-11(2)13-9-10-14(17(19)20-3)16(18)15(13)12-7-5-4-6-8-12/h4-11H,1-3H3. The number of esters is 1. The summed E-state index contributed by atoms with van der Waals surface area (Å²) in [5.74, 6) is -0.100. The third-order valence-electron chi connectivity index (χ3n) is 3.26. The highest BCUT2D eigenvalue weighted by molar-refractivity contribution is 6.36. The largest absolute Gasteiger partial charge is 0.465 e. The number of methoxy groups -OCH3 is 1. The van der Waals surface area contributed by atoms with Gasteiger partial charge in [0.25, 0.3) is 0 Å². The molecular formula is C17H17ClO2. The topological polar surface area (TPSA) is 26.3 Å². The van der Waals surface area contributed by atoms with Crippen molar-refractivity contribution in [1.29, 1.82) is 0 Å². The molecule has 0 amide bonds. The Morgan fingerprint density at radius 1 is 1.10 bits per heavy atom. The van der Waals surface area contributed by atoms with Gasteiger partial charge in [-0.15, -0.1) is 0 Å². The third kappa shape index (κ3) is 2.70. The van der Waals surface area contributed by atoms with E-state index in [1.54, 1.807) is 6.07 Å². The minimum Gasteiger partial charge on any atom is -0.465 e. The zero-order valence-corrected chi connectivity index (χ0v) is 12.6. The molecule has 0 bridgehead atoms. The molecule has 3 heteroatoms. The molecule has 0 spiro atoms. The lowest BCUT2D eigenvalue weighted by molar-refractivity contribution is 0.0601. The predicted molar refractivity (Wildman–Crippen MR) is 82.3 cm³/mol. The SMILES string of the molecule is COC(=O)c1ccc(C(C)C)c(-c2ccccc2)c1Cl. The number of carbonyl (C=O) groups excluding carboxylic acids is 1. The fourth-order valence-corrected chi connectivity index (χ4v) is 2.60. The quantitative estimate of drug-likeness (QED) is 0.750. The molecule has 0 aliphatic rings. The Bertz CT molecular complexity index is 618. The molecule has 20 heavy (non-hydrogen) atoms. The molecule has 0 atom stereocenters. The Morgan fingerprint density at radius 3 is 2.30 bits per heavy atom. The molecule has 0 fully saturated rings. The second-order valence-corrected chi connectivity index (χ2v) is 5.28. The van der Waals surface area contributed by atoms with Gasteiger partial charge in [-0.1, -0.05) is 61.8 Å². The molecule has 0 saturated carbocycles. The number of halogens is 1. The van der Waals surface area contributed by atoms with Crippen LogP contribution in [0.15, 0.2) is 42.5 Å². The van der Waals surface area contributed by atoms with Gasteiger partial charge in [0.05, 0.1) is 17.7 Å². The fourth-order valence-electron chi connectivity index (χ4n) is 2.24. The van der Waals surface area contributed by atoms with E-state index in [0.717, 1.165) is 16.7 Å². The molecule has 2 aromatic carbocycles. The van der Waals surface area contributed by atoms with Gasteiger partial charge in [-0.2, -0.15) is 0 Å². The summed E-state index contributed by atoms with van der Waals surface area (Å²) in [5, 5.41) is 0.453. The maximum absolute atomic E-state index is 11.8. The van der Waals surface area contributed by atoms with Gasteiger partial charge < -0.3 is 4.74 Å². The van der Waals surface area contributed by atoms with Crippen LogP contribution in [0.1, 0.15) is 35.7 Å². The van der Waals surface area contributed by atoms with Crippen LogP contribution in [0.25, 0.3) is 11.1 Å². The molecule has 0 aliphatic carbocycles. The number of benzene rings is 2. The summed E-state index contributed by atoms with van der Waals surface area (Å²) in [6.45, 7) is 4.21. The summed E-state index contributed by atoms with van der Waals surface area (Å²) in [6.07, 6.45) is 0. The zero-order chi connectivity index (χ0) is 14.7. The molecule has 0 aromatic heterocycles. The lowest BCUT2D eigenvalue weighted by atomic mass is 9.91. The van der Waals surface area contributed by atoms with E-state index in [9.17, 15) is 4.79 Å². The average molecular weight is 289 g/mol. The average Bonchev–Trinajstić information content (AvgIpc) is 2.46. The summed E-state index contributed by atoms with van der Waals surface area (Å²) < 4.78 is 4.78. The fraction of sp³-hybridized carbons (Fsp3) is 0.235. The summed E-state index contributed by atoms with van der Waals surface area (Å²) in [5.41, 5.74) is 3.43. The number of rotatable bonds is 3. The van der Waals surface area contributed by atoms with Crippen LogP contribution in [0.4, 0.5) is 0 Å². The van der Waals surface area contributed by atoms with Crippen molar-refractivity contribution in [3.8, 4) is 11.1 Å². The first kappa shape index (κ1) is 14.6. The van der Waals surface area contributed by atoms with Crippen molar-refractivity contribution in [3.63, 3.8) is 0 Å². The van der Waals surface area contributed by atoms with Crippen LogP contribution in [0, 0.1) is 0 Å². The summed E-state index contributed by atoms with van der Waals surface area (Å²) in [6, 6.07) is 13.5. The van der Waals surface area contributed by atoms with Gasteiger partial charge in [-0.05, 0) is 23.1 Å².